The van der Waals surface area contributed by atoms with Gasteiger partial charge in [-0.1, -0.05) is 44.2 Å². The standard InChI is InChI=1S/C12H19NO2S/c1-3-9-16(14,15)13-10-11(2)12-7-5-4-6-8-12/h4-8,11,13H,3,9-10H2,1-2H3/t11-/m1/s1. The maximum Gasteiger partial charge on any atom is 0.211 e. The third-order valence-electron chi connectivity index (χ3n) is 2.45. The second-order valence-electron chi connectivity index (χ2n) is 3.98. The lowest BCUT2D eigenvalue weighted by Crippen LogP contribution is -2.29. The van der Waals surface area contributed by atoms with E-state index in [1.165, 1.54) is 0 Å². The number of benzene rings is 1. The van der Waals surface area contributed by atoms with Crippen molar-refractivity contribution >= 4 is 10.0 Å². The zero-order valence-electron chi connectivity index (χ0n) is 9.81. The Morgan fingerprint density at radius 3 is 2.44 bits per heavy atom. The molecule has 0 bridgehead atoms. The lowest BCUT2D eigenvalue weighted by Gasteiger charge is -2.12. The largest absolute Gasteiger partial charge is 0.215 e. The average molecular weight is 241 g/mol. The highest BCUT2D eigenvalue weighted by atomic mass is 32.2. The van der Waals surface area contributed by atoms with E-state index in [9.17, 15) is 8.42 Å². The van der Waals surface area contributed by atoms with E-state index in [0.717, 1.165) is 5.56 Å². The summed E-state index contributed by atoms with van der Waals surface area (Å²) >= 11 is 0. The molecular weight excluding hydrogens is 222 g/mol. The van der Waals surface area contributed by atoms with Crippen molar-refractivity contribution in [3.05, 3.63) is 35.9 Å². The van der Waals surface area contributed by atoms with E-state index in [0.29, 0.717) is 13.0 Å². The highest BCUT2D eigenvalue weighted by Gasteiger charge is 2.11. The van der Waals surface area contributed by atoms with Crippen LogP contribution in [-0.4, -0.2) is 20.7 Å². The molecule has 0 spiro atoms. The first-order valence-corrected chi connectivity index (χ1v) is 7.22. The summed E-state index contributed by atoms with van der Waals surface area (Å²) in [5.74, 6) is 0.405. The molecule has 0 saturated heterocycles. The van der Waals surface area contributed by atoms with Crippen molar-refractivity contribution in [2.75, 3.05) is 12.3 Å². The van der Waals surface area contributed by atoms with Crippen LogP contribution in [0.2, 0.25) is 0 Å². The van der Waals surface area contributed by atoms with Crippen LogP contribution in [-0.2, 0) is 10.0 Å². The van der Waals surface area contributed by atoms with Crippen molar-refractivity contribution in [3.8, 4) is 0 Å². The number of rotatable bonds is 6. The van der Waals surface area contributed by atoms with Gasteiger partial charge >= 0.3 is 0 Å². The molecule has 1 atom stereocenters. The van der Waals surface area contributed by atoms with Crippen LogP contribution in [0.4, 0.5) is 0 Å². The summed E-state index contributed by atoms with van der Waals surface area (Å²) in [7, 11) is -3.08. The van der Waals surface area contributed by atoms with Crippen LogP contribution in [0.5, 0.6) is 0 Å². The van der Waals surface area contributed by atoms with Crippen LogP contribution in [0, 0.1) is 0 Å². The summed E-state index contributed by atoms with van der Waals surface area (Å²) in [6.45, 7) is 4.34. The second kappa shape index (κ2) is 6.01. The quantitative estimate of drug-likeness (QED) is 0.829. The Labute approximate surface area is 97.9 Å². The van der Waals surface area contributed by atoms with Crippen molar-refractivity contribution in [3.63, 3.8) is 0 Å². The first-order valence-electron chi connectivity index (χ1n) is 5.57. The fraction of sp³-hybridized carbons (Fsp3) is 0.500. The second-order valence-corrected chi connectivity index (χ2v) is 5.91. The minimum Gasteiger partial charge on any atom is -0.215 e. The molecule has 1 N–H and O–H groups in total. The number of nitrogens with one attached hydrogen (secondary N) is 1. The molecule has 90 valence electrons. The smallest absolute Gasteiger partial charge is 0.211 e. The van der Waals surface area contributed by atoms with E-state index in [-0.39, 0.29) is 11.7 Å². The molecule has 0 aliphatic carbocycles. The molecule has 1 aromatic rings. The van der Waals surface area contributed by atoms with Gasteiger partial charge in [-0.25, -0.2) is 13.1 Å². The Hall–Kier alpha value is -0.870. The summed E-state index contributed by atoms with van der Waals surface area (Å²) in [5.41, 5.74) is 1.15. The van der Waals surface area contributed by atoms with Gasteiger partial charge in [0.25, 0.3) is 0 Å². The maximum absolute atomic E-state index is 11.5. The van der Waals surface area contributed by atoms with Gasteiger partial charge in [0.15, 0.2) is 0 Å². The van der Waals surface area contributed by atoms with Crippen molar-refractivity contribution in [1.82, 2.24) is 4.72 Å². The first-order chi connectivity index (χ1) is 7.55. The van der Waals surface area contributed by atoms with Crippen LogP contribution < -0.4 is 4.72 Å². The molecule has 0 aliphatic heterocycles. The van der Waals surface area contributed by atoms with Crippen molar-refractivity contribution in [2.24, 2.45) is 0 Å². The zero-order chi connectivity index (χ0) is 12.0. The van der Waals surface area contributed by atoms with Gasteiger partial charge in [-0.15, -0.1) is 0 Å². The molecule has 1 aromatic carbocycles. The van der Waals surface area contributed by atoms with Gasteiger partial charge in [-0.05, 0) is 17.9 Å². The van der Waals surface area contributed by atoms with Gasteiger partial charge in [0.05, 0.1) is 5.75 Å². The van der Waals surface area contributed by atoms with Gasteiger partial charge < -0.3 is 0 Å². The van der Waals surface area contributed by atoms with E-state index in [4.69, 9.17) is 0 Å². The van der Waals surface area contributed by atoms with Gasteiger partial charge in [0.1, 0.15) is 0 Å². The fourth-order valence-corrected chi connectivity index (χ4v) is 2.68. The molecule has 0 aliphatic rings. The number of hydrogen-bond acceptors (Lipinski definition) is 2. The van der Waals surface area contributed by atoms with E-state index in [1.807, 2.05) is 44.2 Å². The monoisotopic (exact) mass is 241 g/mol. The molecule has 3 nitrogen and oxygen atoms in total. The first kappa shape index (κ1) is 13.2. The van der Waals surface area contributed by atoms with Crippen molar-refractivity contribution in [1.29, 1.82) is 0 Å². The normalized spacial score (nSPS) is 13.6. The van der Waals surface area contributed by atoms with E-state index < -0.39 is 10.0 Å². The van der Waals surface area contributed by atoms with Gasteiger partial charge in [-0.3, -0.25) is 0 Å². The van der Waals surface area contributed by atoms with Crippen LogP contribution in [0.25, 0.3) is 0 Å². The van der Waals surface area contributed by atoms with Crippen LogP contribution in [0.3, 0.4) is 0 Å². The SMILES string of the molecule is CCCS(=O)(=O)NC[C@@H](C)c1ccccc1. The molecule has 0 radical (unpaired) electrons. The number of sulfonamides is 1. The molecule has 0 fully saturated rings. The topological polar surface area (TPSA) is 46.2 Å². The van der Waals surface area contributed by atoms with Gasteiger partial charge in [-0.2, -0.15) is 0 Å². The van der Waals surface area contributed by atoms with Gasteiger partial charge in [0, 0.05) is 6.54 Å². The third-order valence-corrected chi connectivity index (χ3v) is 4.00. The molecule has 0 amide bonds. The van der Waals surface area contributed by atoms with Crippen molar-refractivity contribution < 1.29 is 8.42 Å². The molecule has 16 heavy (non-hydrogen) atoms. The summed E-state index contributed by atoms with van der Waals surface area (Å²) in [4.78, 5) is 0. The average Bonchev–Trinajstić information content (AvgIpc) is 2.27. The Kier molecular flexibility index (Phi) is 4.96. The summed E-state index contributed by atoms with van der Waals surface area (Å²) in [6, 6.07) is 9.91. The Morgan fingerprint density at radius 2 is 1.88 bits per heavy atom. The zero-order valence-corrected chi connectivity index (χ0v) is 10.6. The molecule has 1 rings (SSSR count). The van der Waals surface area contributed by atoms with Gasteiger partial charge in [0.2, 0.25) is 10.0 Å². The minimum absolute atomic E-state index is 0.202. The summed E-state index contributed by atoms with van der Waals surface area (Å²) in [6.07, 6.45) is 0.648. The molecule has 0 unspecified atom stereocenters. The maximum atomic E-state index is 11.5. The molecule has 4 heteroatoms. The predicted octanol–water partition coefficient (Wildman–Crippen LogP) is 2.12. The van der Waals surface area contributed by atoms with E-state index >= 15 is 0 Å². The fourth-order valence-electron chi connectivity index (χ4n) is 1.49. The summed E-state index contributed by atoms with van der Waals surface area (Å²) < 4.78 is 25.5. The highest BCUT2D eigenvalue weighted by Crippen LogP contribution is 2.13. The van der Waals surface area contributed by atoms with Crippen molar-refractivity contribution in [2.45, 2.75) is 26.2 Å². The Morgan fingerprint density at radius 1 is 1.25 bits per heavy atom. The number of hydrogen-bond donors (Lipinski definition) is 1. The van der Waals surface area contributed by atoms with Crippen LogP contribution in [0.1, 0.15) is 31.7 Å². The molecular formula is C12H19NO2S. The van der Waals surface area contributed by atoms with E-state index in [1.54, 1.807) is 0 Å². The minimum atomic E-state index is -3.08. The summed E-state index contributed by atoms with van der Waals surface area (Å²) in [5, 5.41) is 0. The third kappa shape index (κ3) is 4.33. The lowest BCUT2D eigenvalue weighted by molar-refractivity contribution is 0.573. The highest BCUT2D eigenvalue weighted by molar-refractivity contribution is 7.89. The Balaban J connectivity index is 2.51. The van der Waals surface area contributed by atoms with Crippen LogP contribution >= 0.6 is 0 Å². The van der Waals surface area contributed by atoms with E-state index in [2.05, 4.69) is 4.72 Å². The molecule has 0 aromatic heterocycles. The Bertz CT molecular complexity index is 400. The molecule has 0 saturated carbocycles. The lowest BCUT2D eigenvalue weighted by atomic mass is 10.0. The predicted molar refractivity (Wildman–Crippen MR) is 66.9 cm³/mol. The van der Waals surface area contributed by atoms with Crippen LogP contribution in [0.15, 0.2) is 30.3 Å². The molecule has 0 heterocycles.